The first kappa shape index (κ1) is 22.2. The number of ether oxygens (including phenoxy) is 3. The minimum absolute atomic E-state index is 0.429. The quantitative estimate of drug-likeness (QED) is 0.756. The van der Waals surface area contributed by atoms with Crippen LogP contribution in [0, 0.1) is 0 Å². The highest BCUT2D eigenvalue weighted by Crippen LogP contribution is 2.42. The second-order valence-electron chi connectivity index (χ2n) is 7.11. The number of rotatable bonds is 6. The summed E-state index contributed by atoms with van der Waals surface area (Å²) in [4.78, 5) is 2.18. The fourth-order valence-corrected chi connectivity index (χ4v) is 3.86. The van der Waals surface area contributed by atoms with Crippen molar-refractivity contribution < 1.29 is 27.4 Å². The second-order valence-corrected chi connectivity index (χ2v) is 7.11. The van der Waals surface area contributed by atoms with Gasteiger partial charge in [-0.2, -0.15) is 13.2 Å². The molecule has 5 nitrogen and oxygen atoms in total. The molecule has 8 heteroatoms. The summed E-state index contributed by atoms with van der Waals surface area (Å²) in [5.74, 6) is 1.53. The van der Waals surface area contributed by atoms with Gasteiger partial charge in [0.1, 0.15) is 5.75 Å². The monoisotopic (exact) mass is 424 g/mol. The molecule has 1 aliphatic heterocycles. The summed E-state index contributed by atoms with van der Waals surface area (Å²) in [7, 11) is 4.60. The maximum atomic E-state index is 13.4. The molecule has 0 aliphatic carbocycles. The third-order valence-corrected chi connectivity index (χ3v) is 5.30. The molecular formula is C22H27F3N2O3. The number of nitrogens with zero attached hydrogens (tertiary/aromatic N) is 1. The Labute approximate surface area is 174 Å². The largest absolute Gasteiger partial charge is 0.496 e. The Balaban J connectivity index is 2.18. The zero-order chi connectivity index (χ0) is 21.7. The topological polar surface area (TPSA) is 43.0 Å². The van der Waals surface area contributed by atoms with Gasteiger partial charge in [-0.25, -0.2) is 0 Å². The first-order valence-corrected chi connectivity index (χ1v) is 9.81. The van der Waals surface area contributed by atoms with Crippen LogP contribution >= 0.6 is 0 Å². The Bertz CT molecular complexity index is 850. The average molecular weight is 424 g/mol. The summed E-state index contributed by atoms with van der Waals surface area (Å²) in [6.45, 7) is 3.06. The van der Waals surface area contributed by atoms with Gasteiger partial charge in [0.05, 0.1) is 32.9 Å². The van der Waals surface area contributed by atoms with Gasteiger partial charge in [-0.15, -0.1) is 0 Å². The number of halogens is 3. The Morgan fingerprint density at radius 3 is 2.27 bits per heavy atom. The summed E-state index contributed by atoms with van der Waals surface area (Å²) >= 11 is 0. The molecule has 2 aromatic rings. The molecule has 0 bridgehead atoms. The molecule has 1 heterocycles. The van der Waals surface area contributed by atoms with Crippen LogP contribution < -0.4 is 19.5 Å². The van der Waals surface area contributed by atoms with Crippen LogP contribution in [0.15, 0.2) is 36.4 Å². The summed E-state index contributed by atoms with van der Waals surface area (Å²) in [5, 5.41) is 3.34. The standard InChI is InChI=1S/C22H27F3N2O3/c1-28-18-14-20(30-3)19(29-2)13-17(18)21(27-10-5-8-26-9-11-27)15-6-4-7-16(12-15)22(23,24)25/h4,6-7,12-14,21,26H,5,8-11H2,1-3H3. The molecule has 164 valence electrons. The molecule has 1 fully saturated rings. The summed E-state index contributed by atoms with van der Waals surface area (Å²) < 4.78 is 56.7. The summed E-state index contributed by atoms with van der Waals surface area (Å²) in [6, 6.07) is 8.58. The zero-order valence-electron chi connectivity index (χ0n) is 17.4. The Morgan fingerprint density at radius 1 is 0.900 bits per heavy atom. The molecule has 1 unspecified atom stereocenters. The van der Waals surface area contributed by atoms with Crippen molar-refractivity contribution in [2.75, 3.05) is 47.5 Å². The van der Waals surface area contributed by atoms with Crippen molar-refractivity contribution in [3.63, 3.8) is 0 Å². The lowest BCUT2D eigenvalue weighted by Gasteiger charge is -2.33. The Kier molecular flexibility index (Phi) is 7.10. The van der Waals surface area contributed by atoms with Crippen molar-refractivity contribution in [2.45, 2.75) is 18.6 Å². The number of hydrogen-bond donors (Lipinski definition) is 1. The van der Waals surface area contributed by atoms with E-state index in [1.807, 2.05) is 0 Å². The summed E-state index contributed by atoms with van der Waals surface area (Å²) in [6.07, 6.45) is -3.52. The molecule has 1 atom stereocenters. The van der Waals surface area contributed by atoms with Crippen molar-refractivity contribution in [3.8, 4) is 17.2 Å². The van der Waals surface area contributed by atoms with E-state index in [1.165, 1.54) is 33.5 Å². The first-order valence-electron chi connectivity index (χ1n) is 9.81. The number of methoxy groups -OCH3 is 3. The van der Waals surface area contributed by atoms with E-state index in [0.717, 1.165) is 37.7 Å². The summed E-state index contributed by atoms with van der Waals surface area (Å²) in [5.41, 5.74) is 0.617. The van der Waals surface area contributed by atoms with Gasteiger partial charge in [-0.3, -0.25) is 4.90 Å². The van der Waals surface area contributed by atoms with Crippen molar-refractivity contribution >= 4 is 0 Å². The lowest BCUT2D eigenvalue weighted by molar-refractivity contribution is -0.137. The zero-order valence-corrected chi connectivity index (χ0v) is 17.4. The molecule has 0 spiro atoms. The predicted octanol–water partition coefficient (Wildman–Crippen LogP) is 4.12. The van der Waals surface area contributed by atoms with Crippen LogP contribution in [0.5, 0.6) is 17.2 Å². The van der Waals surface area contributed by atoms with E-state index in [9.17, 15) is 13.2 Å². The number of hydrogen-bond acceptors (Lipinski definition) is 5. The maximum absolute atomic E-state index is 13.4. The molecule has 1 N–H and O–H groups in total. The van der Waals surface area contributed by atoms with Crippen LogP contribution in [-0.2, 0) is 6.18 Å². The molecule has 2 aromatic carbocycles. The molecule has 1 aliphatic rings. The third kappa shape index (κ3) is 4.82. The van der Waals surface area contributed by atoms with E-state index in [1.54, 1.807) is 18.2 Å². The van der Waals surface area contributed by atoms with E-state index >= 15 is 0 Å². The normalized spacial score (nSPS) is 16.6. The van der Waals surface area contributed by atoms with Crippen molar-refractivity contribution in [1.82, 2.24) is 10.2 Å². The number of nitrogens with one attached hydrogen (secondary N) is 1. The average Bonchev–Trinajstić information content (AvgIpc) is 3.02. The molecule has 1 saturated heterocycles. The smallest absolute Gasteiger partial charge is 0.416 e. The predicted molar refractivity (Wildman–Crippen MR) is 108 cm³/mol. The highest BCUT2D eigenvalue weighted by molar-refractivity contribution is 5.54. The fraction of sp³-hybridized carbons (Fsp3) is 0.455. The van der Waals surface area contributed by atoms with Gasteiger partial charge in [0.15, 0.2) is 11.5 Å². The first-order chi connectivity index (χ1) is 14.4. The van der Waals surface area contributed by atoms with Crippen LogP contribution in [0.25, 0.3) is 0 Å². The molecular weight excluding hydrogens is 397 g/mol. The number of alkyl halides is 3. The minimum Gasteiger partial charge on any atom is -0.496 e. The fourth-order valence-electron chi connectivity index (χ4n) is 3.86. The van der Waals surface area contributed by atoms with Gasteiger partial charge >= 0.3 is 6.18 Å². The van der Waals surface area contributed by atoms with Gasteiger partial charge in [0.25, 0.3) is 0 Å². The lowest BCUT2D eigenvalue weighted by atomic mass is 9.94. The van der Waals surface area contributed by atoms with Crippen molar-refractivity contribution in [1.29, 1.82) is 0 Å². The molecule has 0 saturated carbocycles. The molecule has 30 heavy (non-hydrogen) atoms. The minimum atomic E-state index is -4.41. The SMILES string of the molecule is COc1cc(OC)c(C(c2cccc(C(F)(F)F)c2)N2CCCNCC2)cc1OC. The third-order valence-electron chi connectivity index (χ3n) is 5.30. The Hall–Kier alpha value is -2.45. The van der Waals surface area contributed by atoms with Crippen LogP contribution in [0.4, 0.5) is 13.2 Å². The maximum Gasteiger partial charge on any atom is 0.416 e. The van der Waals surface area contributed by atoms with Crippen molar-refractivity contribution in [3.05, 3.63) is 53.1 Å². The molecule has 0 aromatic heterocycles. The molecule has 0 amide bonds. The van der Waals surface area contributed by atoms with E-state index in [0.29, 0.717) is 29.4 Å². The lowest BCUT2D eigenvalue weighted by Crippen LogP contribution is -2.33. The van der Waals surface area contributed by atoms with Gasteiger partial charge in [0, 0.05) is 31.3 Å². The highest BCUT2D eigenvalue weighted by Gasteiger charge is 2.33. The van der Waals surface area contributed by atoms with Gasteiger partial charge in [0.2, 0.25) is 0 Å². The molecule has 3 rings (SSSR count). The van der Waals surface area contributed by atoms with Crippen LogP contribution in [0.2, 0.25) is 0 Å². The molecule has 0 radical (unpaired) electrons. The van der Waals surface area contributed by atoms with Gasteiger partial charge < -0.3 is 19.5 Å². The van der Waals surface area contributed by atoms with Crippen LogP contribution in [0.1, 0.15) is 29.2 Å². The van der Waals surface area contributed by atoms with E-state index < -0.39 is 17.8 Å². The Morgan fingerprint density at radius 2 is 1.60 bits per heavy atom. The van der Waals surface area contributed by atoms with E-state index in [4.69, 9.17) is 14.2 Å². The van der Waals surface area contributed by atoms with Gasteiger partial charge in [-0.1, -0.05) is 12.1 Å². The van der Waals surface area contributed by atoms with E-state index in [2.05, 4.69) is 10.2 Å². The van der Waals surface area contributed by atoms with Crippen LogP contribution in [-0.4, -0.2) is 52.4 Å². The number of benzene rings is 2. The van der Waals surface area contributed by atoms with Crippen LogP contribution in [0.3, 0.4) is 0 Å². The highest BCUT2D eigenvalue weighted by atomic mass is 19.4. The van der Waals surface area contributed by atoms with E-state index in [-0.39, 0.29) is 0 Å². The van der Waals surface area contributed by atoms with Crippen molar-refractivity contribution in [2.24, 2.45) is 0 Å². The second kappa shape index (κ2) is 9.57. The van der Waals surface area contributed by atoms with Gasteiger partial charge in [-0.05, 0) is 36.7 Å².